The van der Waals surface area contributed by atoms with Gasteiger partial charge in [-0.25, -0.2) is 0 Å². The van der Waals surface area contributed by atoms with E-state index in [1.807, 2.05) is 12.1 Å². The van der Waals surface area contributed by atoms with Crippen molar-refractivity contribution in [1.29, 1.82) is 0 Å². The number of nitrogen functional groups attached to an aromatic ring is 1. The Morgan fingerprint density at radius 3 is 2.59 bits per heavy atom. The molecule has 0 spiro atoms. The maximum atomic E-state index is 5.74. The van der Waals surface area contributed by atoms with Crippen LogP contribution in [0.1, 0.15) is 44.6 Å². The second kappa shape index (κ2) is 5.54. The zero-order valence-corrected chi connectivity index (χ0v) is 11.0. The molecule has 1 aromatic carbocycles. The van der Waals surface area contributed by atoms with Gasteiger partial charge in [0.1, 0.15) is 0 Å². The van der Waals surface area contributed by atoms with Crippen LogP contribution >= 0.6 is 0 Å². The number of likely N-dealkylation sites (tertiary alicyclic amines) is 1. The molecule has 2 N–H and O–H groups in total. The van der Waals surface area contributed by atoms with Gasteiger partial charge < -0.3 is 10.6 Å². The van der Waals surface area contributed by atoms with Crippen molar-refractivity contribution in [2.24, 2.45) is 0 Å². The highest BCUT2D eigenvalue weighted by molar-refractivity contribution is 5.40. The molecule has 0 aliphatic carbocycles. The Morgan fingerprint density at radius 2 is 2.00 bits per heavy atom. The monoisotopic (exact) mass is 232 g/mol. The van der Waals surface area contributed by atoms with Crippen molar-refractivity contribution in [3.05, 3.63) is 29.8 Å². The van der Waals surface area contributed by atoms with Crippen LogP contribution in [0.2, 0.25) is 0 Å². The molecule has 2 unspecified atom stereocenters. The van der Waals surface area contributed by atoms with Gasteiger partial charge in [-0.15, -0.1) is 0 Å². The van der Waals surface area contributed by atoms with Gasteiger partial charge in [0, 0.05) is 11.7 Å². The van der Waals surface area contributed by atoms with Crippen molar-refractivity contribution in [1.82, 2.24) is 4.90 Å². The largest absolute Gasteiger partial charge is 0.399 e. The number of piperidine rings is 1. The predicted molar refractivity (Wildman–Crippen MR) is 74.2 cm³/mol. The Labute approximate surface area is 105 Å². The molecule has 0 radical (unpaired) electrons. The summed E-state index contributed by atoms with van der Waals surface area (Å²) in [6.45, 7) is 7.11. The van der Waals surface area contributed by atoms with Crippen molar-refractivity contribution < 1.29 is 0 Å². The maximum Gasteiger partial charge on any atom is 0.0314 e. The Balaban J connectivity index is 1.99. The van der Waals surface area contributed by atoms with Crippen LogP contribution in [-0.2, 0) is 0 Å². The van der Waals surface area contributed by atoms with E-state index in [1.54, 1.807) is 0 Å². The standard InChI is InChI=1S/C15H24N2/c1-3-9-17-10-8-14(11-12(17)2)13-4-6-15(16)7-5-13/h4-7,12,14H,3,8-11,16H2,1-2H3. The second-order valence-electron chi connectivity index (χ2n) is 5.27. The van der Waals surface area contributed by atoms with Crippen molar-refractivity contribution in [3.63, 3.8) is 0 Å². The molecule has 1 saturated heterocycles. The second-order valence-corrected chi connectivity index (χ2v) is 5.27. The zero-order valence-electron chi connectivity index (χ0n) is 11.0. The average molecular weight is 232 g/mol. The van der Waals surface area contributed by atoms with Gasteiger partial charge >= 0.3 is 0 Å². The minimum absolute atomic E-state index is 0.714. The lowest BCUT2D eigenvalue weighted by Crippen LogP contribution is -2.40. The summed E-state index contributed by atoms with van der Waals surface area (Å²) < 4.78 is 0. The minimum Gasteiger partial charge on any atom is -0.399 e. The first-order chi connectivity index (χ1) is 8.20. The van der Waals surface area contributed by atoms with Gasteiger partial charge in [-0.05, 0) is 62.9 Å². The molecule has 2 nitrogen and oxygen atoms in total. The van der Waals surface area contributed by atoms with Gasteiger partial charge in [-0.1, -0.05) is 19.1 Å². The van der Waals surface area contributed by atoms with E-state index in [-0.39, 0.29) is 0 Å². The van der Waals surface area contributed by atoms with Crippen LogP contribution in [0.3, 0.4) is 0 Å². The van der Waals surface area contributed by atoms with Gasteiger partial charge in [-0.3, -0.25) is 0 Å². The van der Waals surface area contributed by atoms with Gasteiger partial charge in [0.15, 0.2) is 0 Å². The first-order valence-corrected chi connectivity index (χ1v) is 6.80. The summed E-state index contributed by atoms with van der Waals surface area (Å²) in [7, 11) is 0. The molecule has 1 heterocycles. The van der Waals surface area contributed by atoms with Crippen LogP contribution in [0.25, 0.3) is 0 Å². The number of nitrogens with two attached hydrogens (primary N) is 1. The molecule has 2 rings (SSSR count). The summed E-state index contributed by atoms with van der Waals surface area (Å²) in [6, 6.07) is 9.16. The summed E-state index contributed by atoms with van der Waals surface area (Å²) in [4.78, 5) is 2.62. The fourth-order valence-corrected chi connectivity index (χ4v) is 2.91. The van der Waals surface area contributed by atoms with E-state index >= 15 is 0 Å². The lowest BCUT2D eigenvalue weighted by atomic mass is 9.86. The van der Waals surface area contributed by atoms with E-state index in [0.717, 1.165) is 11.6 Å². The normalized spacial score (nSPS) is 26.0. The Bertz CT molecular complexity index is 344. The molecule has 1 aliphatic rings. The third kappa shape index (κ3) is 3.01. The van der Waals surface area contributed by atoms with E-state index in [2.05, 4.69) is 30.9 Å². The van der Waals surface area contributed by atoms with Crippen molar-refractivity contribution in [2.45, 2.75) is 45.1 Å². The summed E-state index contributed by atoms with van der Waals surface area (Å²) in [5.74, 6) is 0.721. The molecule has 0 amide bonds. The van der Waals surface area contributed by atoms with Crippen LogP contribution < -0.4 is 5.73 Å². The lowest BCUT2D eigenvalue weighted by molar-refractivity contribution is 0.147. The van der Waals surface area contributed by atoms with Crippen LogP contribution in [0.5, 0.6) is 0 Å². The number of hydrogen-bond donors (Lipinski definition) is 1. The number of nitrogens with zero attached hydrogens (tertiary/aromatic N) is 1. The average Bonchev–Trinajstić information content (AvgIpc) is 2.33. The van der Waals surface area contributed by atoms with Gasteiger partial charge in [-0.2, -0.15) is 0 Å². The highest BCUT2D eigenvalue weighted by atomic mass is 15.2. The molecule has 2 atom stereocenters. The Kier molecular flexibility index (Phi) is 4.06. The van der Waals surface area contributed by atoms with Crippen molar-refractivity contribution in [2.75, 3.05) is 18.8 Å². The Morgan fingerprint density at radius 1 is 1.29 bits per heavy atom. The molecule has 1 aromatic rings. The van der Waals surface area contributed by atoms with Crippen LogP contribution in [0.15, 0.2) is 24.3 Å². The molecular formula is C15H24N2. The first kappa shape index (κ1) is 12.4. The molecular weight excluding hydrogens is 208 g/mol. The fourth-order valence-electron chi connectivity index (χ4n) is 2.91. The number of benzene rings is 1. The van der Waals surface area contributed by atoms with E-state index < -0.39 is 0 Å². The third-order valence-electron chi connectivity index (χ3n) is 3.93. The smallest absolute Gasteiger partial charge is 0.0314 e. The van der Waals surface area contributed by atoms with E-state index in [1.165, 1.54) is 37.9 Å². The summed E-state index contributed by atoms with van der Waals surface area (Å²) >= 11 is 0. The predicted octanol–water partition coefficient (Wildman–Crippen LogP) is 3.25. The SMILES string of the molecule is CCCN1CCC(c2ccc(N)cc2)CC1C. The van der Waals surface area contributed by atoms with E-state index in [0.29, 0.717) is 6.04 Å². The first-order valence-electron chi connectivity index (χ1n) is 6.80. The highest BCUT2D eigenvalue weighted by Crippen LogP contribution is 2.31. The van der Waals surface area contributed by atoms with Crippen LogP contribution in [0.4, 0.5) is 5.69 Å². The fraction of sp³-hybridized carbons (Fsp3) is 0.600. The zero-order chi connectivity index (χ0) is 12.3. The van der Waals surface area contributed by atoms with Crippen molar-refractivity contribution >= 4 is 5.69 Å². The van der Waals surface area contributed by atoms with Crippen LogP contribution in [0, 0.1) is 0 Å². The molecule has 0 aromatic heterocycles. The Hall–Kier alpha value is -1.02. The van der Waals surface area contributed by atoms with E-state index in [4.69, 9.17) is 5.73 Å². The number of hydrogen-bond acceptors (Lipinski definition) is 2. The van der Waals surface area contributed by atoms with Gasteiger partial charge in [0.25, 0.3) is 0 Å². The summed E-state index contributed by atoms with van der Waals surface area (Å²) in [5, 5.41) is 0. The quantitative estimate of drug-likeness (QED) is 0.811. The van der Waals surface area contributed by atoms with Crippen molar-refractivity contribution in [3.8, 4) is 0 Å². The van der Waals surface area contributed by atoms with Gasteiger partial charge in [0.2, 0.25) is 0 Å². The molecule has 94 valence electrons. The lowest BCUT2D eigenvalue weighted by Gasteiger charge is -2.37. The number of anilines is 1. The molecule has 17 heavy (non-hydrogen) atoms. The maximum absolute atomic E-state index is 5.74. The molecule has 0 bridgehead atoms. The third-order valence-corrected chi connectivity index (χ3v) is 3.93. The topological polar surface area (TPSA) is 29.3 Å². The molecule has 0 saturated carbocycles. The van der Waals surface area contributed by atoms with Gasteiger partial charge in [0.05, 0.1) is 0 Å². The summed E-state index contributed by atoms with van der Waals surface area (Å²) in [6.07, 6.45) is 3.83. The van der Waals surface area contributed by atoms with E-state index in [9.17, 15) is 0 Å². The minimum atomic E-state index is 0.714. The molecule has 1 aliphatic heterocycles. The molecule has 2 heteroatoms. The van der Waals surface area contributed by atoms with Crippen LogP contribution in [-0.4, -0.2) is 24.0 Å². The number of rotatable bonds is 3. The summed E-state index contributed by atoms with van der Waals surface area (Å²) in [5.41, 5.74) is 8.06. The highest BCUT2D eigenvalue weighted by Gasteiger charge is 2.25. The molecule has 1 fully saturated rings.